The lowest BCUT2D eigenvalue weighted by molar-refractivity contribution is 0.0976. The summed E-state index contributed by atoms with van der Waals surface area (Å²) >= 11 is 0. The number of hydrogen-bond donors (Lipinski definition) is 1. The molecule has 27 heavy (non-hydrogen) atoms. The fourth-order valence-corrected chi connectivity index (χ4v) is 3.15. The van der Waals surface area contributed by atoms with Gasteiger partial charge in [0.05, 0.1) is 6.04 Å². The first-order valence-electron chi connectivity index (χ1n) is 8.88. The molecule has 2 aromatic carbocycles. The number of carbonyl (C=O) groups is 1. The van der Waals surface area contributed by atoms with Crippen molar-refractivity contribution >= 4 is 22.2 Å². The van der Waals surface area contributed by atoms with E-state index in [2.05, 4.69) is 39.6 Å². The van der Waals surface area contributed by atoms with Crippen molar-refractivity contribution in [3.63, 3.8) is 0 Å². The van der Waals surface area contributed by atoms with Gasteiger partial charge in [-0.2, -0.15) is 0 Å². The smallest absolute Gasteiger partial charge is 0.166 e. The second-order valence-corrected chi connectivity index (χ2v) is 6.41. The van der Waals surface area contributed by atoms with E-state index in [1.807, 2.05) is 30.3 Å². The average molecular weight is 353 g/mol. The highest BCUT2D eigenvalue weighted by molar-refractivity contribution is 5.96. The normalized spacial score (nSPS) is 11.9. The molecule has 0 aliphatic rings. The van der Waals surface area contributed by atoms with Gasteiger partial charge in [-0.25, -0.2) is 0 Å². The number of carbonyl (C=O) groups excluding carboxylic acids is 1. The fraction of sp³-hybridized carbons (Fsp3) is 0.0870. The molecular formula is C23H19N3O. The summed E-state index contributed by atoms with van der Waals surface area (Å²) < 4.78 is 0. The lowest BCUT2D eigenvalue weighted by Gasteiger charge is -2.20. The third kappa shape index (κ3) is 4.01. The molecule has 0 spiro atoms. The lowest BCUT2D eigenvalue weighted by Crippen LogP contribution is -2.16. The predicted molar refractivity (Wildman–Crippen MR) is 108 cm³/mol. The molecule has 1 N–H and O–H groups in total. The number of nitrogens with zero attached hydrogens (tertiary/aromatic N) is 2. The van der Waals surface area contributed by atoms with Gasteiger partial charge in [-0.15, -0.1) is 0 Å². The van der Waals surface area contributed by atoms with Crippen LogP contribution in [0.1, 0.15) is 28.4 Å². The zero-order valence-corrected chi connectivity index (χ0v) is 14.7. The van der Waals surface area contributed by atoms with Crippen molar-refractivity contribution in [1.29, 1.82) is 0 Å². The van der Waals surface area contributed by atoms with E-state index >= 15 is 0 Å². The third-order valence-corrected chi connectivity index (χ3v) is 4.55. The Labute approximate surface area is 157 Å². The van der Waals surface area contributed by atoms with Gasteiger partial charge < -0.3 is 5.32 Å². The molecule has 1 atom stereocenters. The Bertz CT molecular complexity index is 1050. The zero-order valence-electron chi connectivity index (χ0n) is 14.7. The van der Waals surface area contributed by atoms with E-state index in [-0.39, 0.29) is 11.8 Å². The van der Waals surface area contributed by atoms with Gasteiger partial charge in [0.1, 0.15) is 0 Å². The highest BCUT2D eigenvalue weighted by Gasteiger charge is 2.18. The number of anilines is 1. The molecule has 2 aromatic heterocycles. The maximum Gasteiger partial charge on any atom is 0.166 e. The molecule has 0 bridgehead atoms. The molecule has 2 heterocycles. The summed E-state index contributed by atoms with van der Waals surface area (Å²) in [6.07, 6.45) is 7.14. The number of hydrogen-bond acceptors (Lipinski definition) is 4. The summed E-state index contributed by atoms with van der Waals surface area (Å²) in [7, 11) is 0. The Morgan fingerprint density at radius 2 is 1.63 bits per heavy atom. The number of pyridine rings is 2. The highest BCUT2D eigenvalue weighted by atomic mass is 16.1. The number of benzene rings is 2. The summed E-state index contributed by atoms with van der Waals surface area (Å²) in [5.74, 6) is 0.0465. The zero-order chi connectivity index (χ0) is 18.5. The van der Waals surface area contributed by atoms with Crippen LogP contribution in [0.4, 0.5) is 5.69 Å². The van der Waals surface area contributed by atoms with Gasteiger partial charge in [-0.1, -0.05) is 36.4 Å². The third-order valence-electron chi connectivity index (χ3n) is 4.55. The van der Waals surface area contributed by atoms with Crippen molar-refractivity contribution in [2.75, 3.05) is 5.32 Å². The van der Waals surface area contributed by atoms with E-state index < -0.39 is 0 Å². The Kier molecular flexibility index (Phi) is 4.88. The van der Waals surface area contributed by atoms with Crippen LogP contribution >= 0.6 is 0 Å². The average Bonchev–Trinajstić information content (AvgIpc) is 2.74. The molecule has 4 rings (SSSR count). The van der Waals surface area contributed by atoms with Crippen LogP contribution in [0.2, 0.25) is 0 Å². The summed E-state index contributed by atoms with van der Waals surface area (Å²) in [6.45, 7) is 0. The van der Waals surface area contributed by atoms with Crippen LogP contribution in [0, 0.1) is 0 Å². The van der Waals surface area contributed by atoms with Gasteiger partial charge in [0.25, 0.3) is 0 Å². The molecule has 132 valence electrons. The molecule has 0 amide bonds. The molecule has 0 radical (unpaired) electrons. The van der Waals surface area contributed by atoms with E-state index in [1.54, 1.807) is 36.9 Å². The van der Waals surface area contributed by atoms with Gasteiger partial charge in [0, 0.05) is 42.5 Å². The van der Waals surface area contributed by atoms with E-state index in [4.69, 9.17) is 0 Å². The molecule has 4 nitrogen and oxygen atoms in total. The second kappa shape index (κ2) is 7.79. The van der Waals surface area contributed by atoms with Crippen LogP contribution in [0.25, 0.3) is 10.8 Å². The molecule has 1 unspecified atom stereocenters. The second-order valence-electron chi connectivity index (χ2n) is 6.41. The monoisotopic (exact) mass is 353 g/mol. The summed E-state index contributed by atoms with van der Waals surface area (Å²) in [6, 6.07) is 21.7. The number of fused-ring (bicyclic) bond motifs is 1. The van der Waals surface area contributed by atoms with Crippen molar-refractivity contribution in [2.24, 2.45) is 0 Å². The van der Waals surface area contributed by atoms with Crippen LogP contribution in [0.5, 0.6) is 0 Å². The van der Waals surface area contributed by atoms with Gasteiger partial charge in [-0.05, 0) is 46.7 Å². The first kappa shape index (κ1) is 16.9. The van der Waals surface area contributed by atoms with Gasteiger partial charge in [0.2, 0.25) is 0 Å². The van der Waals surface area contributed by atoms with Crippen molar-refractivity contribution in [3.8, 4) is 0 Å². The summed E-state index contributed by atoms with van der Waals surface area (Å²) in [5, 5.41) is 5.85. The molecule has 4 aromatic rings. The largest absolute Gasteiger partial charge is 0.378 e. The van der Waals surface area contributed by atoms with Crippen LogP contribution in [0.3, 0.4) is 0 Å². The Balaban J connectivity index is 1.62. The van der Waals surface area contributed by atoms with Gasteiger partial charge >= 0.3 is 0 Å². The quantitative estimate of drug-likeness (QED) is 0.493. The summed E-state index contributed by atoms with van der Waals surface area (Å²) in [5.41, 5.74) is 2.57. The van der Waals surface area contributed by atoms with Crippen molar-refractivity contribution < 1.29 is 4.79 Å². The Hall–Kier alpha value is -3.53. The number of aromatic nitrogens is 2. The van der Waals surface area contributed by atoms with Crippen LogP contribution in [0.15, 0.2) is 91.5 Å². The topological polar surface area (TPSA) is 54.9 Å². The van der Waals surface area contributed by atoms with Crippen molar-refractivity contribution in [1.82, 2.24) is 9.97 Å². The maximum absolute atomic E-state index is 12.7. The van der Waals surface area contributed by atoms with Gasteiger partial charge in [-0.3, -0.25) is 14.8 Å². The minimum atomic E-state index is -0.174. The molecule has 0 fully saturated rings. The van der Waals surface area contributed by atoms with Crippen LogP contribution in [-0.2, 0) is 0 Å². The molecule has 0 aliphatic carbocycles. The number of nitrogens with one attached hydrogen (secondary N) is 1. The number of ketones is 1. The Morgan fingerprint density at radius 3 is 2.37 bits per heavy atom. The van der Waals surface area contributed by atoms with E-state index in [0.717, 1.165) is 16.6 Å². The fourth-order valence-electron chi connectivity index (χ4n) is 3.15. The molecule has 0 aliphatic heterocycles. The minimum Gasteiger partial charge on any atom is -0.378 e. The first-order chi connectivity index (χ1) is 13.3. The summed E-state index contributed by atoms with van der Waals surface area (Å²) in [4.78, 5) is 21.0. The SMILES string of the molecule is O=C(CC(Nc1ccc2ccccc2c1)c1cccnc1)c1cccnc1. The van der Waals surface area contributed by atoms with Crippen LogP contribution < -0.4 is 5.32 Å². The van der Waals surface area contributed by atoms with Crippen molar-refractivity contribution in [2.45, 2.75) is 12.5 Å². The molecule has 4 heteroatoms. The molecule has 0 saturated heterocycles. The number of Topliss-reactive ketones (excluding diaryl/α,β-unsaturated/α-hetero) is 1. The standard InChI is InChI=1S/C23H19N3O/c27-23(20-8-4-12-25-16-20)14-22(19-7-3-11-24-15-19)26-21-10-9-17-5-1-2-6-18(17)13-21/h1-13,15-16,22,26H,14H2. The first-order valence-corrected chi connectivity index (χ1v) is 8.88. The van der Waals surface area contributed by atoms with Crippen molar-refractivity contribution in [3.05, 3.63) is 103 Å². The minimum absolute atomic E-state index is 0.0465. The Morgan fingerprint density at radius 1 is 0.852 bits per heavy atom. The lowest BCUT2D eigenvalue weighted by atomic mass is 9.99. The molecular weight excluding hydrogens is 334 g/mol. The van der Waals surface area contributed by atoms with Crippen LogP contribution in [-0.4, -0.2) is 15.8 Å². The van der Waals surface area contributed by atoms with Gasteiger partial charge in [0.15, 0.2) is 5.78 Å². The van der Waals surface area contributed by atoms with E-state index in [9.17, 15) is 4.79 Å². The highest BCUT2D eigenvalue weighted by Crippen LogP contribution is 2.26. The predicted octanol–water partition coefficient (Wildman–Crippen LogP) is 5.06. The van der Waals surface area contributed by atoms with E-state index in [0.29, 0.717) is 12.0 Å². The maximum atomic E-state index is 12.7. The number of rotatable bonds is 6. The van der Waals surface area contributed by atoms with E-state index in [1.165, 1.54) is 5.39 Å². The molecule has 0 saturated carbocycles.